The van der Waals surface area contributed by atoms with Crippen LogP contribution < -0.4 is 16.4 Å². The van der Waals surface area contributed by atoms with Crippen molar-refractivity contribution in [2.75, 3.05) is 24.1 Å². The van der Waals surface area contributed by atoms with Crippen molar-refractivity contribution in [2.24, 2.45) is 0 Å². The van der Waals surface area contributed by atoms with E-state index in [1.165, 1.54) is 0 Å². The lowest BCUT2D eigenvalue weighted by Gasteiger charge is -2.32. The SMILES string of the molecule is CC(C)(C)OC(=O)NC1CCN(Cc2ccc(NC(=O)c3[nH]nc4c3C(C)(C)Cc3cnc(N)nc3-4)cc2)CC1. The first kappa shape index (κ1) is 27.6. The van der Waals surface area contributed by atoms with Crippen LogP contribution in [0.15, 0.2) is 30.5 Å². The highest BCUT2D eigenvalue weighted by molar-refractivity contribution is 6.05. The minimum Gasteiger partial charge on any atom is -0.444 e. The van der Waals surface area contributed by atoms with Crippen LogP contribution in [0.3, 0.4) is 0 Å². The van der Waals surface area contributed by atoms with Crippen molar-refractivity contribution >= 4 is 23.6 Å². The van der Waals surface area contributed by atoms with Crippen LogP contribution in [0.5, 0.6) is 0 Å². The number of hydrogen-bond acceptors (Lipinski definition) is 8. The van der Waals surface area contributed by atoms with Crippen LogP contribution in [0.2, 0.25) is 0 Å². The Morgan fingerprint density at radius 2 is 1.85 bits per heavy atom. The van der Waals surface area contributed by atoms with Gasteiger partial charge in [-0.15, -0.1) is 0 Å². The molecule has 1 fully saturated rings. The maximum atomic E-state index is 13.3. The van der Waals surface area contributed by atoms with E-state index in [-0.39, 0.29) is 29.4 Å². The van der Waals surface area contributed by atoms with Gasteiger partial charge in [0.25, 0.3) is 5.91 Å². The summed E-state index contributed by atoms with van der Waals surface area (Å²) >= 11 is 0. The Morgan fingerprint density at radius 1 is 1.15 bits per heavy atom. The molecule has 1 aliphatic carbocycles. The summed E-state index contributed by atoms with van der Waals surface area (Å²) in [6, 6.07) is 8.02. The second-order valence-corrected chi connectivity index (χ2v) is 12.3. The molecule has 2 aromatic heterocycles. The highest BCUT2D eigenvalue weighted by Crippen LogP contribution is 2.42. The molecule has 0 unspecified atom stereocenters. The lowest BCUT2D eigenvalue weighted by atomic mass is 9.73. The number of nitrogen functional groups attached to an aromatic ring is 1. The lowest BCUT2D eigenvalue weighted by molar-refractivity contribution is 0.0477. The molecule has 0 atom stereocenters. The van der Waals surface area contributed by atoms with E-state index in [4.69, 9.17) is 10.5 Å². The molecule has 0 saturated carbocycles. The van der Waals surface area contributed by atoms with E-state index in [9.17, 15) is 9.59 Å². The van der Waals surface area contributed by atoms with Gasteiger partial charge in [0.1, 0.15) is 17.0 Å². The van der Waals surface area contributed by atoms with Gasteiger partial charge in [0.05, 0.1) is 5.69 Å². The number of nitrogens with one attached hydrogen (secondary N) is 3. The van der Waals surface area contributed by atoms with Crippen LogP contribution in [0.25, 0.3) is 11.4 Å². The molecular formula is C29H38N8O3. The van der Waals surface area contributed by atoms with Gasteiger partial charge in [0, 0.05) is 43.1 Å². The van der Waals surface area contributed by atoms with Gasteiger partial charge in [-0.05, 0) is 68.7 Å². The summed E-state index contributed by atoms with van der Waals surface area (Å²) < 4.78 is 5.37. The number of aromatic nitrogens is 4. The van der Waals surface area contributed by atoms with Crippen LogP contribution in [0, 0.1) is 0 Å². The number of H-pyrrole nitrogens is 1. The number of alkyl carbamates (subject to hydrolysis) is 1. The summed E-state index contributed by atoms with van der Waals surface area (Å²) in [5.74, 6) is -0.0695. The monoisotopic (exact) mass is 546 g/mol. The minimum absolute atomic E-state index is 0.125. The molecule has 2 amide bonds. The number of amides is 2. The standard InChI is InChI=1S/C29H38N8O3/c1-28(2,3)40-27(39)33-20-10-12-37(13-11-20)16-17-6-8-19(9-7-17)32-25(38)24-21-23(35-36-24)22-18(14-29(21,4)5)15-31-26(30)34-22/h6-9,15,20H,10-14,16H2,1-5H3,(H,32,38)(H,33,39)(H,35,36)(H2,30,31,34). The molecule has 0 radical (unpaired) electrons. The molecule has 1 aliphatic heterocycles. The van der Waals surface area contributed by atoms with Gasteiger partial charge in [-0.2, -0.15) is 5.10 Å². The zero-order valence-electron chi connectivity index (χ0n) is 23.8. The third kappa shape index (κ3) is 6.09. The molecule has 0 spiro atoms. The van der Waals surface area contributed by atoms with Gasteiger partial charge in [-0.3, -0.25) is 14.8 Å². The first-order valence-corrected chi connectivity index (χ1v) is 13.7. The number of anilines is 2. The quantitative estimate of drug-likeness (QED) is 0.375. The van der Waals surface area contributed by atoms with E-state index in [0.717, 1.165) is 49.2 Å². The predicted octanol–water partition coefficient (Wildman–Crippen LogP) is 4.02. The summed E-state index contributed by atoms with van der Waals surface area (Å²) in [4.78, 5) is 36.2. The lowest BCUT2D eigenvalue weighted by Crippen LogP contribution is -2.45. The van der Waals surface area contributed by atoms with Crippen molar-refractivity contribution in [3.63, 3.8) is 0 Å². The number of rotatable bonds is 5. The molecule has 11 heteroatoms. The number of aromatic amines is 1. The summed E-state index contributed by atoms with van der Waals surface area (Å²) in [5.41, 5.74) is 10.4. The van der Waals surface area contributed by atoms with E-state index in [0.29, 0.717) is 29.2 Å². The van der Waals surface area contributed by atoms with Crippen molar-refractivity contribution in [1.29, 1.82) is 0 Å². The topological polar surface area (TPSA) is 151 Å². The fourth-order valence-corrected chi connectivity index (χ4v) is 5.51. The molecule has 3 aromatic rings. The van der Waals surface area contributed by atoms with Gasteiger partial charge in [-0.1, -0.05) is 26.0 Å². The minimum atomic E-state index is -0.499. The van der Waals surface area contributed by atoms with Crippen molar-refractivity contribution in [3.05, 3.63) is 52.8 Å². The van der Waals surface area contributed by atoms with Gasteiger partial charge in [-0.25, -0.2) is 14.8 Å². The third-order valence-corrected chi connectivity index (χ3v) is 7.34. The van der Waals surface area contributed by atoms with E-state index < -0.39 is 5.60 Å². The van der Waals surface area contributed by atoms with Crippen molar-refractivity contribution in [2.45, 2.75) is 77.5 Å². The van der Waals surface area contributed by atoms with Crippen molar-refractivity contribution < 1.29 is 14.3 Å². The van der Waals surface area contributed by atoms with Crippen LogP contribution in [0.1, 0.15) is 74.6 Å². The second-order valence-electron chi connectivity index (χ2n) is 12.3. The van der Waals surface area contributed by atoms with Gasteiger partial charge in [0.15, 0.2) is 0 Å². The number of nitrogens with zero attached hydrogens (tertiary/aromatic N) is 4. The number of likely N-dealkylation sites (tertiary alicyclic amines) is 1. The number of ether oxygens (including phenoxy) is 1. The second kappa shape index (κ2) is 10.5. The normalized spacial score (nSPS) is 17.0. The number of hydrogen-bond donors (Lipinski definition) is 4. The fourth-order valence-electron chi connectivity index (χ4n) is 5.51. The average Bonchev–Trinajstić information content (AvgIpc) is 3.33. The number of carbonyl (C=O) groups excluding carboxylic acids is 2. The molecule has 1 saturated heterocycles. The Hall–Kier alpha value is -3.99. The van der Waals surface area contributed by atoms with Gasteiger partial charge < -0.3 is 21.1 Å². The zero-order chi connectivity index (χ0) is 28.7. The predicted molar refractivity (Wildman–Crippen MR) is 153 cm³/mol. The van der Waals surface area contributed by atoms with Crippen LogP contribution in [-0.4, -0.2) is 61.8 Å². The Morgan fingerprint density at radius 3 is 2.52 bits per heavy atom. The summed E-state index contributed by atoms with van der Waals surface area (Å²) in [6.07, 6.45) is 3.81. The third-order valence-electron chi connectivity index (χ3n) is 7.34. The van der Waals surface area contributed by atoms with Gasteiger partial charge >= 0.3 is 6.09 Å². The number of nitrogens with two attached hydrogens (primary N) is 1. The molecule has 40 heavy (non-hydrogen) atoms. The number of benzene rings is 1. The molecule has 5 rings (SSSR count). The zero-order valence-corrected chi connectivity index (χ0v) is 23.8. The van der Waals surface area contributed by atoms with Crippen LogP contribution in [-0.2, 0) is 23.1 Å². The Balaban J connectivity index is 1.18. The Labute approximate surface area is 234 Å². The maximum Gasteiger partial charge on any atom is 0.407 e. The molecule has 1 aromatic carbocycles. The molecule has 0 bridgehead atoms. The van der Waals surface area contributed by atoms with Gasteiger partial charge in [0.2, 0.25) is 5.95 Å². The van der Waals surface area contributed by atoms with E-state index in [1.54, 1.807) is 6.20 Å². The van der Waals surface area contributed by atoms with Crippen molar-refractivity contribution in [3.8, 4) is 11.4 Å². The van der Waals surface area contributed by atoms with Crippen LogP contribution in [0.4, 0.5) is 16.4 Å². The van der Waals surface area contributed by atoms with E-state index in [2.05, 4.69) is 49.5 Å². The Bertz CT molecular complexity index is 1400. The summed E-state index contributed by atoms with van der Waals surface area (Å²) in [7, 11) is 0. The van der Waals surface area contributed by atoms with E-state index >= 15 is 0 Å². The van der Waals surface area contributed by atoms with E-state index in [1.807, 2.05) is 45.0 Å². The summed E-state index contributed by atoms with van der Waals surface area (Å²) in [5, 5.41) is 13.4. The molecule has 5 N–H and O–H groups in total. The first-order chi connectivity index (χ1) is 18.9. The molecular weight excluding hydrogens is 508 g/mol. The highest BCUT2D eigenvalue weighted by Gasteiger charge is 2.38. The average molecular weight is 547 g/mol. The van der Waals surface area contributed by atoms with Crippen molar-refractivity contribution in [1.82, 2.24) is 30.4 Å². The molecule has 2 aliphatic rings. The molecule has 11 nitrogen and oxygen atoms in total. The maximum absolute atomic E-state index is 13.3. The number of carbonyl (C=O) groups is 2. The summed E-state index contributed by atoms with van der Waals surface area (Å²) in [6.45, 7) is 12.3. The largest absolute Gasteiger partial charge is 0.444 e. The fraction of sp³-hybridized carbons (Fsp3) is 0.483. The number of fused-ring (bicyclic) bond motifs is 3. The smallest absolute Gasteiger partial charge is 0.407 e. The Kier molecular flexibility index (Phi) is 7.26. The molecule has 212 valence electrons. The van der Waals surface area contributed by atoms with Crippen LogP contribution >= 0.6 is 0 Å². The first-order valence-electron chi connectivity index (χ1n) is 13.7. The number of piperidine rings is 1. The molecule has 3 heterocycles. The highest BCUT2D eigenvalue weighted by atomic mass is 16.6.